The molecule has 3 heteroatoms. The molecule has 0 aliphatic carbocycles. The van der Waals surface area contributed by atoms with Crippen LogP contribution in [0.1, 0.15) is 73.9 Å². The van der Waals surface area contributed by atoms with E-state index in [1.807, 2.05) is 6.07 Å². The maximum Gasteiger partial charge on any atom is 0.101 e. The molecule has 1 aromatic heterocycles. The molecule has 2 atom stereocenters. The Kier molecular flexibility index (Phi) is 7.74. The van der Waals surface area contributed by atoms with Crippen LogP contribution in [0.3, 0.4) is 0 Å². The van der Waals surface area contributed by atoms with Gasteiger partial charge in [-0.1, -0.05) is 137 Å². The van der Waals surface area contributed by atoms with Crippen LogP contribution in [0.4, 0.5) is 5.69 Å². The second-order valence-corrected chi connectivity index (χ2v) is 10.6. The topological polar surface area (TPSA) is 29.9 Å². The van der Waals surface area contributed by atoms with Gasteiger partial charge in [-0.3, -0.25) is 4.68 Å². The predicted octanol–water partition coefficient (Wildman–Crippen LogP) is 9.24. The first kappa shape index (κ1) is 25.5. The van der Waals surface area contributed by atoms with Crippen LogP contribution in [0.15, 0.2) is 121 Å². The van der Waals surface area contributed by atoms with E-state index in [-0.39, 0.29) is 12.1 Å². The number of nitrogens with zero attached hydrogens (tertiary/aromatic N) is 2. The minimum atomic E-state index is -0.0590. The van der Waals surface area contributed by atoms with Crippen LogP contribution in [0.25, 0.3) is 11.3 Å². The third kappa shape index (κ3) is 5.43. The number of anilines is 1. The van der Waals surface area contributed by atoms with Crippen LogP contribution >= 0.6 is 0 Å². The molecule has 3 nitrogen and oxygen atoms in total. The smallest absolute Gasteiger partial charge is 0.101 e. The highest BCUT2D eigenvalue weighted by molar-refractivity contribution is 5.62. The molecular formula is C35H37N3. The lowest BCUT2D eigenvalue weighted by Gasteiger charge is -2.33. The highest BCUT2D eigenvalue weighted by Gasteiger charge is 2.29. The molecule has 4 aromatic carbocycles. The molecule has 0 aliphatic rings. The van der Waals surface area contributed by atoms with Gasteiger partial charge in [0.25, 0.3) is 0 Å². The first-order valence-electron chi connectivity index (χ1n) is 13.6. The van der Waals surface area contributed by atoms with E-state index in [1.54, 1.807) is 0 Å². The van der Waals surface area contributed by atoms with E-state index >= 15 is 0 Å². The standard InChI is InChI=1S/C35H37N3/c1-25(2)30-21-14-22-31(26(3)4)34(30)36-33(28-17-10-6-11-18-28)35(29-19-12-7-13-20-29)38-24-23-32(37-38)27-15-8-5-9-16-27/h5-26,33,35-36H,1-4H3/t33-,35+/m0/s1. The van der Waals surface area contributed by atoms with E-state index in [0.29, 0.717) is 11.8 Å². The van der Waals surface area contributed by atoms with Gasteiger partial charge in [-0.05, 0) is 40.2 Å². The number of hydrogen-bond donors (Lipinski definition) is 1. The lowest BCUT2D eigenvalue weighted by Crippen LogP contribution is -2.27. The summed E-state index contributed by atoms with van der Waals surface area (Å²) in [5.74, 6) is 0.800. The van der Waals surface area contributed by atoms with Gasteiger partial charge in [0.15, 0.2) is 0 Å². The molecule has 0 unspecified atom stereocenters. The van der Waals surface area contributed by atoms with Crippen molar-refractivity contribution in [3.63, 3.8) is 0 Å². The molecule has 0 saturated heterocycles. The van der Waals surface area contributed by atoms with Gasteiger partial charge in [0.2, 0.25) is 0 Å². The summed E-state index contributed by atoms with van der Waals surface area (Å²) in [5.41, 5.74) is 8.46. The maximum absolute atomic E-state index is 5.14. The van der Waals surface area contributed by atoms with E-state index in [4.69, 9.17) is 5.10 Å². The Balaban J connectivity index is 1.68. The second-order valence-electron chi connectivity index (χ2n) is 10.6. The molecule has 5 rings (SSSR count). The van der Waals surface area contributed by atoms with Gasteiger partial charge in [-0.25, -0.2) is 0 Å². The number of para-hydroxylation sites is 1. The lowest BCUT2D eigenvalue weighted by atomic mass is 9.89. The molecule has 1 N–H and O–H groups in total. The molecule has 0 bridgehead atoms. The van der Waals surface area contributed by atoms with Crippen molar-refractivity contribution in [3.05, 3.63) is 144 Å². The molecule has 0 aliphatic heterocycles. The molecule has 0 saturated carbocycles. The fourth-order valence-electron chi connectivity index (χ4n) is 5.28. The largest absolute Gasteiger partial charge is 0.375 e. The minimum absolute atomic E-state index is 0.0421. The Bertz CT molecular complexity index is 1410. The highest BCUT2D eigenvalue weighted by Crippen LogP contribution is 2.40. The highest BCUT2D eigenvalue weighted by atomic mass is 15.3. The van der Waals surface area contributed by atoms with E-state index in [2.05, 4.69) is 153 Å². The SMILES string of the molecule is CC(C)c1cccc(C(C)C)c1N[C@@H](c1ccccc1)[C@@H](c1ccccc1)n1ccc(-c2ccccc2)n1. The van der Waals surface area contributed by atoms with Gasteiger partial charge in [-0.2, -0.15) is 5.10 Å². The first-order chi connectivity index (χ1) is 18.5. The monoisotopic (exact) mass is 499 g/mol. The Morgan fingerprint density at radius 2 is 1.11 bits per heavy atom. The summed E-state index contributed by atoms with van der Waals surface area (Å²) < 4.78 is 2.13. The van der Waals surface area contributed by atoms with Crippen LogP contribution in [0, 0.1) is 0 Å². The van der Waals surface area contributed by atoms with Crippen molar-refractivity contribution in [1.82, 2.24) is 9.78 Å². The number of hydrogen-bond acceptors (Lipinski definition) is 2. The van der Waals surface area contributed by atoms with E-state index in [0.717, 1.165) is 11.3 Å². The number of aromatic nitrogens is 2. The average Bonchev–Trinajstić information content (AvgIpc) is 3.44. The van der Waals surface area contributed by atoms with Crippen molar-refractivity contribution in [2.75, 3.05) is 5.32 Å². The number of benzene rings is 4. The van der Waals surface area contributed by atoms with Gasteiger partial charge in [0.1, 0.15) is 6.04 Å². The summed E-state index contributed by atoms with van der Waals surface area (Å²) in [7, 11) is 0. The van der Waals surface area contributed by atoms with Crippen molar-refractivity contribution in [2.24, 2.45) is 0 Å². The summed E-state index contributed by atoms with van der Waals surface area (Å²) in [6, 6.07) is 40.7. The summed E-state index contributed by atoms with van der Waals surface area (Å²) in [6.45, 7) is 9.10. The average molecular weight is 500 g/mol. The minimum Gasteiger partial charge on any atom is -0.375 e. The zero-order chi connectivity index (χ0) is 26.5. The van der Waals surface area contributed by atoms with Crippen LogP contribution < -0.4 is 5.32 Å². The van der Waals surface area contributed by atoms with Crippen molar-refractivity contribution in [1.29, 1.82) is 0 Å². The third-order valence-corrected chi connectivity index (χ3v) is 7.25. The van der Waals surface area contributed by atoms with Crippen LogP contribution in [-0.2, 0) is 0 Å². The molecule has 0 radical (unpaired) electrons. The van der Waals surface area contributed by atoms with E-state index in [9.17, 15) is 0 Å². The Morgan fingerprint density at radius 1 is 0.579 bits per heavy atom. The van der Waals surface area contributed by atoms with Crippen LogP contribution in [-0.4, -0.2) is 9.78 Å². The van der Waals surface area contributed by atoms with Gasteiger partial charge in [0.05, 0.1) is 11.7 Å². The van der Waals surface area contributed by atoms with Crippen molar-refractivity contribution in [2.45, 2.75) is 51.6 Å². The van der Waals surface area contributed by atoms with Gasteiger partial charge in [0, 0.05) is 17.4 Å². The molecule has 0 spiro atoms. The van der Waals surface area contributed by atoms with Gasteiger partial charge >= 0.3 is 0 Å². The third-order valence-electron chi connectivity index (χ3n) is 7.25. The quantitative estimate of drug-likeness (QED) is 0.219. The van der Waals surface area contributed by atoms with Crippen LogP contribution in [0.2, 0.25) is 0 Å². The maximum atomic E-state index is 5.14. The van der Waals surface area contributed by atoms with E-state index < -0.39 is 0 Å². The van der Waals surface area contributed by atoms with Crippen molar-refractivity contribution in [3.8, 4) is 11.3 Å². The van der Waals surface area contributed by atoms with Crippen molar-refractivity contribution >= 4 is 5.69 Å². The van der Waals surface area contributed by atoms with E-state index in [1.165, 1.54) is 27.9 Å². The fourth-order valence-corrected chi connectivity index (χ4v) is 5.28. The molecule has 192 valence electrons. The number of rotatable bonds is 9. The van der Waals surface area contributed by atoms with Crippen LogP contribution in [0.5, 0.6) is 0 Å². The molecule has 5 aromatic rings. The zero-order valence-electron chi connectivity index (χ0n) is 22.8. The molecule has 38 heavy (non-hydrogen) atoms. The van der Waals surface area contributed by atoms with Crippen molar-refractivity contribution < 1.29 is 0 Å². The Morgan fingerprint density at radius 3 is 1.66 bits per heavy atom. The second kappa shape index (κ2) is 11.5. The summed E-state index contributed by atoms with van der Waals surface area (Å²) >= 11 is 0. The molecule has 0 fully saturated rings. The summed E-state index contributed by atoms with van der Waals surface area (Å²) in [6.07, 6.45) is 2.12. The predicted molar refractivity (Wildman–Crippen MR) is 160 cm³/mol. The fraction of sp³-hybridized carbons (Fsp3) is 0.229. The van der Waals surface area contributed by atoms with Gasteiger partial charge in [-0.15, -0.1) is 0 Å². The summed E-state index contributed by atoms with van der Waals surface area (Å²) in [5, 5.41) is 9.22. The number of nitrogens with one attached hydrogen (secondary N) is 1. The molecule has 1 heterocycles. The molecule has 0 amide bonds. The summed E-state index contributed by atoms with van der Waals surface area (Å²) in [4.78, 5) is 0. The Hall–Kier alpha value is -4.11. The zero-order valence-corrected chi connectivity index (χ0v) is 22.8. The van der Waals surface area contributed by atoms with Gasteiger partial charge < -0.3 is 5.32 Å². The first-order valence-corrected chi connectivity index (χ1v) is 13.6. The normalized spacial score (nSPS) is 13.0. The Labute approximate surface area is 227 Å². The lowest BCUT2D eigenvalue weighted by molar-refractivity contribution is 0.463. The molecular weight excluding hydrogens is 462 g/mol.